The van der Waals surface area contributed by atoms with E-state index in [1.807, 2.05) is 13.8 Å². The molecule has 2 heterocycles. The van der Waals surface area contributed by atoms with E-state index in [1.54, 1.807) is 17.6 Å². The Morgan fingerprint density at radius 1 is 1.44 bits per heavy atom. The zero-order valence-electron chi connectivity index (χ0n) is 10.5. The lowest BCUT2D eigenvalue weighted by Crippen LogP contribution is -2.20. The van der Waals surface area contributed by atoms with Crippen LogP contribution in [0.4, 0.5) is 0 Å². The molecule has 5 nitrogen and oxygen atoms in total. The van der Waals surface area contributed by atoms with Crippen LogP contribution in [0, 0.1) is 13.8 Å². The van der Waals surface area contributed by atoms with E-state index in [0.29, 0.717) is 17.6 Å². The van der Waals surface area contributed by atoms with Crippen LogP contribution >= 0.6 is 0 Å². The van der Waals surface area contributed by atoms with Crippen molar-refractivity contribution in [2.24, 2.45) is 0 Å². The highest BCUT2D eigenvalue weighted by Gasteiger charge is 2.16. The summed E-state index contributed by atoms with van der Waals surface area (Å²) in [6, 6.07) is 1.79. The summed E-state index contributed by atoms with van der Waals surface area (Å²) in [5.41, 5.74) is 1.44. The lowest BCUT2D eigenvalue weighted by Gasteiger charge is -2.11. The minimum Gasteiger partial charge on any atom is -0.477 e. The highest BCUT2D eigenvalue weighted by molar-refractivity contribution is 5.92. The first-order valence-corrected chi connectivity index (χ1v) is 5.70. The summed E-state index contributed by atoms with van der Waals surface area (Å²) >= 11 is 0. The maximum atomic E-state index is 12.1. The number of hydrogen-bond acceptors (Lipinski definition) is 3. The van der Waals surface area contributed by atoms with E-state index in [-0.39, 0.29) is 5.56 Å². The molecule has 0 bridgehead atoms. The van der Waals surface area contributed by atoms with Crippen LogP contribution in [-0.2, 0) is 6.54 Å². The summed E-state index contributed by atoms with van der Waals surface area (Å²) in [6.45, 7) is 6.09. The topological polar surface area (TPSA) is 72.2 Å². The van der Waals surface area contributed by atoms with Crippen molar-refractivity contribution in [2.45, 2.75) is 27.3 Å². The Labute approximate surface area is 104 Å². The third-order valence-electron chi connectivity index (χ3n) is 2.93. The van der Waals surface area contributed by atoms with Gasteiger partial charge in [0.2, 0.25) is 5.43 Å². The molecule has 0 spiro atoms. The molecule has 0 saturated carbocycles. The Hall–Kier alpha value is -2.17. The van der Waals surface area contributed by atoms with Gasteiger partial charge in [0.1, 0.15) is 11.2 Å². The number of nitrogens with zero attached hydrogens (tertiary/aromatic N) is 2. The van der Waals surface area contributed by atoms with Gasteiger partial charge in [0.05, 0.1) is 5.39 Å². The van der Waals surface area contributed by atoms with E-state index >= 15 is 0 Å². The van der Waals surface area contributed by atoms with Gasteiger partial charge in [0, 0.05) is 18.4 Å². The third-order valence-corrected chi connectivity index (χ3v) is 2.93. The van der Waals surface area contributed by atoms with Crippen molar-refractivity contribution in [1.82, 2.24) is 9.55 Å². The van der Waals surface area contributed by atoms with Crippen molar-refractivity contribution in [3.8, 4) is 0 Å². The molecule has 0 radical (unpaired) electrons. The first-order chi connectivity index (χ1) is 8.45. The second-order valence-corrected chi connectivity index (χ2v) is 4.24. The number of pyridine rings is 2. The Morgan fingerprint density at radius 2 is 2.11 bits per heavy atom. The molecule has 18 heavy (non-hydrogen) atoms. The fourth-order valence-electron chi connectivity index (χ4n) is 2.11. The van der Waals surface area contributed by atoms with Crippen molar-refractivity contribution in [2.75, 3.05) is 0 Å². The maximum Gasteiger partial charge on any atom is 0.341 e. The standard InChI is InChI=1S/C13H14N2O3/c1-4-15-6-9(13(17)18)11(16)10-7(2)5-8(3)14-12(10)15/h5-6H,4H2,1-3H3,(H,17,18). The number of rotatable bonds is 2. The van der Waals surface area contributed by atoms with Gasteiger partial charge in [-0.2, -0.15) is 0 Å². The third kappa shape index (κ3) is 1.77. The summed E-state index contributed by atoms with van der Waals surface area (Å²) in [6.07, 6.45) is 1.36. The van der Waals surface area contributed by atoms with E-state index in [9.17, 15) is 9.59 Å². The van der Waals surface area contributed by atoms with Gasteiger partial charge in [-0.25, -0.2) is 9.78 Å². The summed E-state index contributed by atoms with van der Waals surface area (Å²) in [4.78, 5) is 27.6. The van der Waals surface area contributed by atoms with Crippen LogP contribution in [0.25, 0.3) is 11.0 Å². The van der Waals surface area contributed by atoms with E-state index < -0.39 is 11.4 Å². The summed E-state index contributed by atoms with van der Waals surface area (Å²) < 4.78 is 1.69. The number of carboxylic acids is 1. The van der Waals surface area contributed by atoms with Gasteiger partial charge in [-0.1, -0.05) is 0 Å². The SMILES string of the molecule is CCn1cc(C(=O)O)c(=O)c2c(C)cc(C)nc21. The Kier molecular flexibility index (Phi) is 2.90. The largest absolute Gasteiger partial charge is 0.477 e. The monoisotopic (exact) mass is 246 g/mol. The van der Waals surface area contributed by atoms with Gasteiger partial charge < -0.3 is 9.67 Å². The summed E-state index contributed by atoms with van der Waals surface area (Å²) in [5.74, 6) is -1.20. The van der Waals surface area contributed by atoms with Crippen LogP contribution in [0.5, 0.6) is 0 Å². The second-order valence-electron chi connectivity index (χ2n) is 4.24. The van der Waals surface area contributed by atoms with Crippen LogP contribution in [0.15, 0.2) is 17.1 Å². The summed E-state index contributed by atoms with van der Waals surface area (Å²) in [5, 5.41) is 9.45. The molecule has 0 aromatic carbocycles. The molecule has 0 aliphatic carbocycles. The smallest absolute Gasteiger partial charge is 0.341 e. The molecule has 2 rings (SSSR count). The van der Waals surface area contributed by atoms with E-state index in [4.69, 9.17) is 5.11 Å². The number of fused-ring (bicyclic) bond motifs is 1. The number of aryl methyl sites for hydroxylation is 3. The van der Waals surface area contributed by atoms with Gasteiger partial charge >= 0.3 is 5.97 Å². The number of carbonyl (C=O) groups is 1. The minimum absolute atomic E-state index is 0.210. The highest BCUT2D eigenvalue weighted by Crippen LogP contribution is 2.15. The van der Waals surface area contributed by atoms with Crippen LogP contribution < -0.4 is 5.43 Å². The van der Waals surface area contributed by atoms with Crippen molar-refractivity contribution in [1.29, 1.82) is 0 Å². The van der Waals surface area contributed by atoms with Crippen LogP contribution in [0.1, 0.15) is 28.5 Å². The molecule has 5 heteroatoms. The van der Waals surface area contributed by atoms with Crippen molar-refractivity contribution < 1.29 is 9.90 Å². The Bertz CT molecular complexity index is 701. The fourth-order valence-corrected chi connectivity index (χ4v) is 2.11. The lowest BCUT2D eigenvalue weighted by atomic mass is 10.1. The number of carboxylic acid groups (broad SMARTS) is 1. The number of hydrogen-bond donors (Lipinski definition) is 1. The normalized spacial score (nSPS) is 10.8. The van der Waals surface area contributed by atoms with Crippen LogP contribution in [-0.4, -0.2) is 20.6 Å². The predicted octanol–water partition coefficient (Wildman–Crippen LogP) is 1.73. The van der Waals surface area contributed by atoms with Crippen molar-refractivity contribution >= 4 is 17.0 Å². The van der Waals surface area contributed by atoms with Crippen LogP contribution in [0.2, 0.25) is 0 Å². The molecule has 0 unspecified atom stereocenters. The number of aromatic carboxylic acids is 1. The lowest BCUT2D eigenvalue weighted by molar-refractivity contribution is 0.0695. The van der Waals surface area contributed by atoms with E-state index in [2.05, 4.69) is 4.98 Å². The molecule has 0 atom stereocenters. The molecule has 2 aromatic rings. The summed E-state index contributed by atoms with van der Waals surface area (Å²) in [7, 11) is 0. The zero-order valence-corrected chi connectivity index (χ0v) is 10.5. The second kappa shape index (κ2) is 4.25. The molecule has 94 valence electrons. The Balaban J connectivity index is 3.04. The maximum absolute atomic E-state index is 12.1. The van der Waals surface area contributed by atoms with Crippen molar-refractivity contribution in [3.05, 3.63) is 39.3 Å². The molecule has 2 aromatic heterocycles. The highest BCUT2D eigenvalue weighted by atomic mass is 16.4. The average molecular weight is 246 g/mol. The molecular weight excluding hydrogens is 232 g/mol. The molecule has 0 saturated heterocycles. The Morgan fingerprint density at radius 3 is 2.67 bits per heavy atom. The van der Waals surface area contributed by atoms with Gasteiger partial charge in [-0.05, 0) is 32.4 Å². The average Bonchev–Trinajstić information content (AvgIpc) is 2.27. The zero-order chi connectivity index (χ0) is 13.4. The molecule has 0 aliphatic rings. The molecule has 0 fully saturated rings. The van der Waals surface area contributed by atoms with Crippen LogP contribution in [0.3, 0.4) is 0 Å². The fraction of sp³-hybridized carbons (Fsp3) is 0.308. The van der Waals surface area contributed by atoms with Crippen molar-refractivity contribution in [3.63, 3.8) is 0 Å². The van der Waals surface area contributed by atoms with E-state index in [0.717, 1.165) is 11.3 Å². The molecule has 0 aliphatic heterocycles. The first-order valence-electron chi connectivity index (χ1n) is 5.70. The predicted molar refractivity (Wildman–Crippen MR) is 68.1 cm³/mol. The number of aromatic nitrogens is 2. The minimum atomic E-state index is -1.20. The molecule has 0 amide bonds. The van der Waals surface area contributed by atoms with E-state index in [1.165, 1.54) is 6.20 Å². The van der Waals surface area contributed by atoms with Gasteiger partial charge in [0.15, 0.2) is 0 Å². The first kappa shape index (κ1) is 12.3. The molecule has 1 N–H and O–H groups in total. The van der Waals surface area contributed by atoms with Gasteiger partial charge in [-0.15, -0.1) is 0 Å². The molecular formula is C13H14N2O3. The van der Waals surface area contributed by atoms with Gasteiger partial charge in [-0.3, -0.25) is 4.79 Å². The van der Waals surface area contributed by atoms with Gasteiger partial charge in [0.25, 0.3) is 0 Å². The quantitative estimate of drug-likeness (QED) is 0.875.